The van der Waals surface area contributed by atoms with Crippen molar-refractivity contribution in [3.63, 3.8) is 0 Å². The van der Waals surface area contributed by atoms with Crippen LogP contribution < -0.4 is 5.32 Å². The molecule has 0 spiro atoms. The zero-order valence-electron chi connectivity index (χ0n) is 14.5. The van der Waals surface area contributed by atoms with Gasteiger partial charge >= 0.3 is 6.03 Å². The summed E-state index contributed by atoms with van der Waals surface area (Å²) in [6.07, 6.45) is 1.74. The maximum absolute atomic E-state index is 14.0. The number of aromatic nitrogens is 1. The van der Waals surface area contributed by atoms with E-state index in [1.807, 2.05) is 19.1 Å². The van der Waals surface area contributed by atoms with E-state index in [-0.39, 0.29) is 17.9 Å². The van der Waals surface area contributed by atoms with Gasteiger partial charge in [0.05, 0.1) is 0 Å². The fraction of sp³-hybridized carbons (Fsp3) is 0.300. The molecule has 0 saturated carbocycles. The first-order chi connectivity index (χ1) is 12.7. The van der Waals surface area contributed by atoms with Crippen LogP contribution in [0.25, 0.3) is 22.2 Å². The molecule has 1 N–H and O–H groups in total. The van der Waals surface area contributed by atoms with Crippen molar-refractivity contribution in [2.24, 2.45) is 0 Å². The van der Waals surface area contributed by atoms with Gasteiger partial charge in [-0.15, -0.1) is 0 Å². The van der Waals surface area contributed by atoms with E-state index in [0.29, 0.717) is 35.6 Å². The fourth-order valence-electron chi connectivity index (χ4n) is 3.47. The van der Waals surface area contributed by atoms with Crippen molar-refractivity contribution in [3.05, 3.63) is 54.2 Å². The van der Waals surface area contributed by atoms with E-state index >= 15 is 0 Å². The molecule has 1 fully saturated rings. The summed E-state index contributed by atoms with van der Waals surface area (Å²) in [6.45, 7) is 3.17. The summed E-state index contributed by atoms with van der Waals surface area (Å²) in [7, 11) is 0. The van der Waals surface area contributed by atoms with E-state index in [4.69, 9.17) is 4.42 Å². The second-order valence-electron chi connectivity index (χ2n) is 6.40. The quantitative estimate of drug-likeness (QED) is 0.754. The van der Waals surface area contributed by atoms with Crippen molar-refractivity contribution in [2.75, 3.05) is 13.1 Å². The minimum absolute atomic E-state index is 0.0932. The molecule has 2 amide bonds. The molecule has 134 valence electrons. The van der Waals surface area contributed by atoms with Crippen molar-refractivity contribution < 1.29 is 13.6 Å². The summed E-state index contributed by atoms with van der Waals surface area (Å²) in [5.74, 6) is 0.267. The Labute approximate surface area is 150 Å². The predicted molar refractivity (Wildman–Crippen MR) is 97.2 cm³/mol. The molecule has 1 aromatic heterocycles. The molecule has 26 heavy (non-hydrogen) atoms. The summed E-state index contributed by atoms with van der Waals surface area (Å²) in [5, 5.41) is 2.83. The first-order valence-corrected chi connectivity index (χ1v) is 8.87. The Morgan fingerprint density at radius 2 is 2.19 bits per heavy atom. The number of carbonyl (C=O) groups excluding carboxylic acids is 1. The second kappa shape index (κ2) is 6.78. The third-order valence-corrected chi connectivity index (χ3v) is 4.72. The molecule has 0 unspecified atom stereocenters. The number of urea groups is 1. The highest BCUT2D eigenvalue weighted by atomic mass is 19.1. The highest BCUT2D eigenvalue weighted by Gasteiger charge is 2.33. The molecule has 6 heteroatoms. The van der Waals surface area contributed by atoms with E-state index in [1.165, 1.54) is 6.07 Å². The van der Waals surface area contributed by atoms with Crippen molar-refractivity contribution >= 4 is 17.1 Å². The number of halogens is 1. The summed E-state index contributed by atoms with van der Waals surface area (Å²) in [6, 6.07) is 11.9. The molecular formula is C20H20FN3O2. The third-order valence-electron chi connectivity index (χ3n) is 4.72. The number of fused-ring (bicyclic) bond motifs is 1. The summed E-state index contributed by atoms with van der Waals surface area (Å²) >= 11 is 0. The van der Waals surface area contributed by atoms with Gasteiger partial charge in [-0.25, -0.2) is 14.2 Å². The van der Waals surface area contributed by atoms with Crippen LogP contribution in [0.3, 0.4) is 0 Å². The van der Waals surface area contributed by atoms with Crippen LogP contribution in [0, 0.1) is 5.82 Å². The van der Waals surface area contributed by atoms with Gasteiger partial charge in [-0.05, 0) is 43.5 Å². The highest BCUT2D eigenvalue weighted by Crippen LogP contribution is 2.34. The number of nitrogens with one attached hydrogen (secondary N) is 1. The van der Waals surface area contributed by atoms with Gasteiger partial charge in [-0.2, -0.15) is 0 Å². The van der Waals surface area contributed by atoms with Crippen LogP contribution in [0.15, 0.2) is 46.9 Å². The van der Waals surface area contributed by atoms with Gasteiger partial charge in [-0.3, -0.25) is 0 Å². The minimum atomic E-state index is -0.270. The molecule has 3 aromatic rings. The molecule has 0 aliphatic carbocycles. The number of benzene rings is 2. The second-order valence-corrected chi connectivity index (χ2v) is 6.40. The summed E-state index contributed by atoms with van der Waals surface area (Å²) in [5.41, 5.74) is 2.59. The van der Waals surface area contributed by atoms with E-state index in [0.717, 1.165) is 18.4 Å². The zero-order chi connectivity index (χ0) is 18.1. The first kappa shape index (κ1) is 16.6. The Morgan fingerprint density at radius 1 is 1.35 bits per heavy atom. The van der Waals surface area contributed by atoms with Crippen LogP contribution in [-0.4, -0.2) is 29.0 Å². The Balaban J connectivity index is 1.68. The van der Waals surface area contributed by atoms with E-state index < -0.39 is 0 Å². The standard InChI is InChI=1S/C20H20FN3O2/c1-2-22-20(25)24-11-5-8-17(24)19-23-16-12-13(9-10-18(16)26-19)14-6-3-4-7-15(14)21/h3-4,6-7,9-10,12,17H,2,5,8,11H2,1H3,(H,22,25)/t17-/m0/s1. The highest BCUT2D eigenvalue weighted by molar-refractivity contribution is 5.81. The Hall–Kier alpha value is -2.89. The number of rotatable bonds is 3. The summed E-state index contributed by atoms with van der Waals surface area (Å²) < 4.78 is 19.9. The predicted octanol–water partition coefficient (Wildman–Crippen LogP) is 4.50. The zero-order valence-corrected chi connectivity index (χ0v) is 14.5. The molecule has 0 bridgehead atoms. The summed E-state index contributed by atoms with van der Waals surface area (Å²) in [4.78, 5) is 18.6. The van der Waals surface area contributed by atoms with Crippen LogP contribution in [0.5, 0.6) is 0 Å². The van der Waals surface area contributed by atoms with E-state index in [2.05, 4.69) is 10.3 Å². The van der Waals surface area contributed by atoms with Gasteiger partial charge in [0.1, 0.15) is 17.4 Å². The molecule has 1 aliphatic rings. The lowest BCUT2D eigenvalue weighted by Crippen LogP contribution is -2.39. The van der Waals surface area contributed by atoms with Crippen LogP contribution >= 0.6 is 0 Å². The maximum Gasteiger partial charge on any atom is 0.318 e. The Bertz CT molecular complexity index is 953. The van der Waals surface area contributed by atoms with Gasteiger partial charge in [0.15, 0.2) is 5.58 Å². The fourth-order valence-corrected chi connectivity index (χ4v) is 3.47. The molecule has 5 nitrogen and oxygen atoms in total. The van der Waals surface area contributed by atoms with Crippen molar-refractivity contribution in [1.82, 2.24) is 15.2 Å². The first-order valence-electron chi connectivity index (χ1n) is 8.87. The van der Waals surface area contributed by atoms with Gasteiger partial charge in [-0.1, -0.05) is 24.3 Å². The monoisotopic (exact) mass is 353 g/mol. The number of oxazole rings is 1. The number of carbonyl (C=O) groups is 1. The third kappa shape index (κ3) is 2.92. The lowest BCUT2D eigenvalue weighted by molar-refractivity contribution is 0.186. The number of hydrogen-bond acceptors (Lipinski definition) is 3. The minimum Gasteiger partial charge on any atom is -0.438 e. The van der Waals surface area contributed by atoms with Crippen LogP contribution in [0.2, 0.25) is 0 Å². The molecule has 2 aromatic carbocycles. The van der Waals surface area contributed by atoms with E-state index in [1.54, 1.807) is 29.2 Å². The molecule has 1 saturated heterocycles. The van der Waals surface area contributed by atoms with Crippen LogP contribution in [-0.2, 0) is 0 Å². The maximum atomic E-state index is 14.0. The Morgan fingerprint density at radius 3 is 3.00 bits per heavy atom. The number of likely N-dealkylation sites (tertiary alicyclic amines) is 1. The number of amides is 2. The van der Waals surface area contributed by atoms with Gasteiger partial charge < -0.3 is 14.6 Å². The average Bonchev–Trinajstić information content (AvgIpc) is 3.28. The Kier molecular flexibility index (Phi) is 4.32. The van der Waals surface area contributed by atoms with Crippen molar-refractivity contribution in [1.29, 1.82) is 0 Å². The lowest BCUT2D eigenvalue weighted by atomic mass is 10.0. The SMILES string of the molecule is CCNC(=O)N1CCC[C@H]1c1nc2cc(-c3ccccc3F)ccc2o1. The van der Waals surface area contributed by atoms with Gasteiger partial charge in [0, 0.05) is 18.7 Å². The molecule has 4 rings (SSSR count). The molecule has 1 atom stereocenters. The number of hydrogen-bond donors (Lipinski definition) is 1. The topological polar surface area (TPSA) is 58.4 Å². The lowest BCUT2D eigenvalue weighted by Gasteiger charge is -2.22. The van der Waals surface area contributed by atoms with Gasteiger partial charge in [0.25, 0.3) is 0 Å². The average molecular weight is 353 g/mol. The van der Waals surface area contributed by atoms with Crippen LogP contribution in [0.1, 0.15) is 31.7 Å². The van der Waals surface area contributed by atoms with Crippen molar-refractivity contribution in [3.8, 4) is 11.1 Å². The largest absolute Gasteiger partial charge is 0.438 e. The van der Waals surface area contributed by atoms with Crippen LogP contribution in [0.4, 0.5) is 9.18 Å². The molecule has 1 aliphatic heterocycles. The molecule has 2 heterocycles. The molecule has 0 radical (unpaired) electrons. The van der Waals surface area contributed by atoms with Gasteiger partial charge in [0.2, 0.25) is 5.89 Å². The molecular weight excluding hydrogens is 333 g/mol. The normalized spacial score (nSPS) is 17.0. The smallest absolute Gasteiger partial charge is 0.318 e. The van der Waals surface area contributed by atoms with Crippen molar-refractivity contribution in [2.45, 2.75) is 25.8 Å². The van der Waals surface area contributed by atoms with E-state index in [9.17, 15) is 9.18 Å². The number of nitrogens with zero attached hydrogens (tertiary/aromatic N) is 2.